The predicted octanol–water partition coefficient (Wildman–Crippen LogP) is 4.97. The minimum atomic E-state index is -0.0943. The van der Waals surface area contributed by atoms with E-state index in [9.17, 15) is 4.79 Å². The number of para-hydroxylation sites is 2. The molecule has 3 aromatic carbocycles. The average Bonchev–Trinajstić information content (AvgIpc) is 3.09. The SMILES string of the molecule is Cc1cc(C)cc(OCCn2c(CNC(=O)c3ccccc3C)nc3ccccc32)c1. The van der Waals surface area contributed by atoms with Gasteiger partial charge >= 0.3 is 0 Å². The number of amides is 1. The lowest BCUT2D eigenvalue weighted by Crippen LogP contribution is -2.26. The summed E-state index contributed by atoms with van der Waals surface area (Å²) in [5, 5.41) is 3.02. The monoisotopic (exact) mass is 413 g/mol. The lowest BCUT2D eigenvalue weighted by atomic mass is 10.1. The molecule has 0 spiro atoms. The number of hydrogen-bond acceptors (Lipinski definition) is 3. The van der Waals surface area contributed by atoms with E-state index in [0.29, 0.717) is 25.3 Å². The van der Waals surface area contributed by atoms with Gasteiger partial charge < -0.3 is 14.6 Å². The van der Waals surface area contributed by atoms with Crippen molar-refractivity contribution < 1.29 is 9.53 Å². The maximum absolute atomic E-state index is 12.7. The molecule has 1 N–H and O–H groups in total. The largest absolute Gasteiger partial charge is 0.492 e. The molecule has 0 bridgehead atoms. The van der Waals surface area contributed by atoms with Crippen LogP contribution in [-0.4, -0.2) is 22.1 Å². The van der Waals surface area contributed by atoms with Crippen molar-refractivity contribution in [1.82, 2.24) is 14.9 Å². The number of nitrogens with one attached hydrogen (secondary N) is 1. The second kappa shape index (κ2) is 9.04. The highest BCUT2D eigenvalue weighted by atomic mass is 16.5. The zero-order valence-electron chi connectivity index (χ0n) is 18.2. The Hall–Kier alpha value is -3.60. The molecule has 5 nitrogen and oxygen atoms in total. The van der Waals surface area contributed by atoms with E-state index in [0.717, 1.165) is 28.2 Å². The van der Waals surface area contributed by atoms with Crippen molar-refractivity contribution in [2.24, 2.45) is 0 Å². The Balaban J connectivity index is 1.50. The Morgan fingerprint density at radius 2 is 1.68 bits per heavy atom. The molecule has 1 amide bonds. The van der Waals surface area contributed by atoms with Crippen LogP contribution in [0.2, 0.25) is 0 Å². The quantitative estimate of drug-likeness (QED) is 0.465. The first kappa shape index (κ1) is 20.7. The zero-order chi connectivity index (χ0) is 21.8. The van der Waals surface area contributed by atoms with Gasteiger partial charge in [0, 0.05) is 5.56 Å². The summed E-state index contributed by atoms with van der Waals surface area (Å²) >= 11 is 0. The van der Waals surface area contributed by atoms with E-state index < -0.39 is 0 Å². The summed E-state index contributed by atoms with van der Waals surface area (Å²) in [6.07, 6.45) is 0. The van der Waals surface area contributed by atoms with Crippen LogP contribution in [0, 0.1) is 20.8 Å². The van der Waals surface area contributed by atoms with Crippen LogP contribution in [-0.2, 0) is 13.1 Å². The fourth-order valence-corrected chi connectivity index (χ4v) is 3.86. The van der Waals surface area contributed by atoms with Gasteiger partial charge in [-0.1, -0.05) is 36.4 Å². The molecule has 0 saturated heterocycles. The molecule has 1 aromatic heterocycles. The molecule has 0 unspecified atom stereocenters. The molecule has 4 aromatic rings. The molecule has 0 fully saturated rings. The lowest BCUT2D eigenvalue weighted by Gasteiger charge is -2.13. The van der Waals surface area contributed by atoms with Crippen molar-refractivity contribution >= 4 is 16.9 Å². The third-order valence-electron chi connectivity index (χ3n) is 5.31. The highest BCUT2D eigenvalue weighted by molar-refractivity contribution is 5.95. The summed E-state index contributed by atoms with van der Waals surface area (Å²) in [7, 11) is 0. The van der Waals surface area contributed by atoms with Gasteiger partial charge in [-0.15, -0.1) is 0 Å². The highest BCUT2D eigenvalue weighted by Gasteiger charge is 2.13. The first-order valence-electron chi connectivity index (χ1n) is 10.5. The van der Waals surface area contributed by atoms with Gasteiger partial charge in [-0.05, 0) is 67.8 Å². The molecule has 0 saturated carbocycles. The number of aryl methyl sites for hydroxylation is 3. The minimum absolute atomic E-state index is 0.0943. The minimum Gasteiger partial charge on any atom is -0.492 e. The molecule has 5 heteroatoms. The smallest absolute Gasteiger partial charge is 0.251 e. The van der Waals surface area contributed by atoms with Gasteiger partial charge in [0.1, 0.15) is 18.2 Å². The molecule has 4 rings (SSSR count). The van der Waals surface area contributed by atoms with Crippen molar-refractivity contribution in [3.8, 4) is 5.75 Å². The van der Waals surface area contributed by atoms with E-state index in [4.69, 9.17) is 9.72 Å². The summed E-state index contributed by atoms with van der Waals surface area (Å²) in [5.74, 6) is 1.59. The van der Waals surface area contributed by atoms with Crippen LogP contribution >= 0.6 is 0 Å². The number of nitrogens with zero attached hydrogens (tertiary/aromatic N) is 2. The van der Waals surface area contributed by atoms with Gasteiger partial charge in [0.2, 0.25) is 0 Å². The van der Waals surface area contributed by atoms with Crippen LogP contribution in [0.25, 0.3) is 11.0 Å². The van der Waals surface area contributed by atoms with Crippen molar-refractivity contribution in [3.63, 3.8) is 0 Å². The third kappa shape index (κ3) is 4.77. The number of rotatable bonds is 7. The molecule has 0 aliphatic heterocycles. The molecule has 0 atom stereocenters. The Morgan fingerprint density at radius 3 is 2.45 bits per heavy atom. The summed E-state index contributed by atoms with van der Waals surface area (Å²) in [5.41, 5.74) is 5.95. The standard InChI is InChI=1S/C26H27N3O2/c1-18-14-19(2)16-21(15-18)31-13-12-29-24-11-7-6-10-23(24)28-25(29)17-27-26(30)22-9-5-4-8-20(22)3/h4-11,14-16H,12-13,17H2,1-3H3,(H,27,30). The molecular formula is C26H27N3O2. The second-order valence-electron chi connectivity index (χ2n) is 7.84. The zero-order valence-corrected chi connectivity index (χ0v) is 18.2. The number of imidazole rings is 1. The highest BCUT2D eigenvalue weighted by Crippen LogP contribution is 2.19. The fourth-order valence-electron chi connectivity index (χ4n) is 3.86. The van der Waals surface area contributed by atoms with Crippen LogP contribution in [0.1, 0.15) is 32.9 Å². The Bertz CT molecular complexity index is 1210. The van der Waals surface area contributed by atoms with Crippen molar-refractivity contribution in [3.05, 3.63) is 94.8 Å². The first-order chi connectivity index (χ1) is 15.0. The topological polar surface area (TPSA) is 56.1 Å². The van der Waals surface area contributed by atoms with Gasteiger partial charge in [0.05, 0.1) is 24.1 Å². The maximum atomic E-state index is 12.7. The summed E-state index contributed by atoms with van der Waals surface area (Å²) in [6, 6.07) is 21.8. The molecule has 31 heavy (non-hydrogen) atoms. The van der Waals surface area contributed by atoms with Crippen LogP contribution in [0.3, 0.4) is 0 Å². The van der Waals surface area contributed by atoms with Crippen LogP contribution in [0.5, 0.6) is 5.75 Å². The van der Waals surface area contributed by atoms with Gasteiger partial charge in [-0.25, -0.2) is 4.98 Å². The van der Waals surface area contributed by atoms with Crippen molar-refractivity contribution in [1.29, 1.82) is 0 Å². The van der Waals surface area contributed by atoms with Gasteiger partial charge in [-0.2, -0.15) is 0 Å². The van der Waals surface area contributed by atoms with E-state index in [2.05, 4.69) is 29.8 Å². The fraction of sp³-hybridized carbons (Fsp3) is 0.231. The Kier molecular flexibility index (Phi) is 6.03. The van der Waals surface area contributed by atoms with Crippen LogP contribution < -0.4 is 10.1 Å². The predicted molar refractivity (Wildman–Crippen MR) is 123 cm³/mol. The summed E-state index contributed by atoms with van der Waals surface area (Å²) in [6.45, 7) is 7.59. The lowest BCUT2D eigenvalue weighted by molar-refractivity contribution is 0.0949. The van der Waals surface area contributed by atoms with E-state index in [1.165, 1.54) is 11.1 Å². The molecule has 158 valence electrons. The third-order valence-corrected chi connectivity index (χ3v) is 5.31. The number of benzene rings is 3. The van der Waals surface area contributed by atoms with Crippen molar-refractivity contribution in [2.45, 2.75) is 33.9 Å². The van der Waals surface area contributed by atoms with Crippen LogP contribution in [0.15, 0.2) is 66.7 Å². The number of hydrogen-bond donors (Lipinski definition) is 1. The molecule has 1 heterocycles. The van der Waals surface area contributed by atoms with Crippen LogP contribution in [0.4, 0.5) is 0 Å². The molecule has 0 aliphatic carbocycles. The number of carbonyl (C=O) groups excluding carboxylic acids is 1. The number of ether oxygens (including phenoxy) is 1. The first-order valence-corrected chi connectivity index (χ1v) is 10.5. The van der Waals surface area contributed by atoms with E-state index in [-0.39, 0.29) is 5.91 Å². The average molecular weight is 414 g/mol. The summed E-state index contributed by atoms with van der Waals surface area (Å²) < 4.78 is 8.14. The van der Waals surface area contributed by atoms with Gasteiger partial charge in [-0.3, -0.25) is 4.79 Å². The normalized spacial score (nSPS) is 10.9. The summed E-state index contributed by atoms with van der Waals surface area (Å²) in [4.78, 5) is 17.4. The second-order valence-corrected chi connectivity index (χ2v) is 7.84. The van der Waals surface area contributed by atoms with Crippen molar-refractivity contribution in [2.75, 3.05) is 6.61 Å². The van der Waals surface area contributed by atoms with Gasteiger partial charge in [0.15, 0.2) is 0 Å². The molecular weight excluding hydrogens is 386 g/mol. The molecule has 0 aliphatic rings. The molecule has 0 radical (unpaired) electrons. The van der Waals surface area contributed by atoms with E-state index >= 15 is 0 Å². The number of aromatic nitrogens is 2. The Labute approximate surface area is 182 Å². The van der Waals surface area contributed by atoms with E-state index in [1.807, 2.05) is 67.6 Å². The number of fused-ring (bicyclic) bond motifs is 1. The Morgan fingerprint density at radius 1 is 0.968 bits per heavy atom. The van der Waals surface area contributed by atoms with Gasteiger partial charge in [0.25, 0.3) is 5.91 Å². The maximum Gasteiger partial charge on any atom is 0.251 e. The number of carbonyl (C=O) groups is 1. The van der Waals surface area contributed by atoms with E-state index in [1.54, 1.807) is 0 Å².